The van der Waals surface area contributed by atoms with E-state index in [1.807, 2.05) is 108 Å². The van der Waals surface area contributed by atoms with Gasteiger partial charge in [0.2, 0.25) is 0 Å². The molecule has 0 saturated carbocycles. The van der Waals surface area contributed by atoms with Crippen molar-refractivity contribution >= 4 is 34.1 Å². The average Bonchev–Trinajstić information content (AvgIpc) is 3.80. The molecule has 0 spiro atoms. The van der Waals surface area contributed by atoms with E-state index in [1.165, 1.54) is 5.56 Å². The van der Waals surface area contributed by atoms with E-state index in [0.717, 1.165) is 34.1 Å². The van der Waals surface area contributed by atoms with Crippen LogP contribution in [-0.4, -0.2) is 23.9 Å². The minimum absolute atomic E-state index is 0. The van der Waals surface area contributed by atoms with E-state index in [4.69, 9.17) is 0 Å². The Kier molecular flexibility index (Phi) is 9.76. The van der Waals surface area contributed by atoms with Crippen molar-refractivity contribution in [3.63, 3.8) is 0 Å². The van der Waals surface area contributed by atoms with Crippen molar-refractivity contribution in [2.75, 3.05) is 33.7 Å². The molecule has 237 valence electrons. The molecule has 0 atom stereocenters. The summed E-state index contributed by atoms with van der Waals surface area (Å²) < 4.78 is 0. The van der Waals surface area contributed by atoms with Gasteiger partial charge in [-0.3, -0.25) is 0 Å². The molecule has 46 heavy (non-hydrogen) atoms. The number of anilines is 6. The smallest absolute Gasteiger partial charge is 0.0726 e. The molecular weight excluding hydrogens is 747 g/mol. The number of nitrogens with zero attached hydrogens (tertiary/aromatic N) is 7. The van der Waals surface area contributed by atoms with Crippen molar-refractivity contribution in [2.45, 2.75) is 26.2 Å². The molecule has 8 heteroatoms. The SMILES string of the molecule is CC(C)(C)c1cc[c-]c(N2[CH-]N(c3[c-]cccc3)c3ccccc32)c1.CN1C=CN(c2[c-]c(N3C=CN(C)[CH-]3)cc(C#N)c2)[CH-]1.[Ir]. The maximum Gasteiger partial charge on any atom is 0.0726 e. The Hall–Kier alpha value is -4.70. The first-order valence-corrected chi connectivity index (χ1v) is 14.8. The maximum absolute atomic E-state index is 9.20. The van der Waals surface area contributed by atoms with E-state index in [-0.39, 0.29) is 25.5 Å². The summed E-state index contributed by atoms with van der Waals surface area (Å²) in [6.07, 6.45) is 7.77. The Morgan fingerprint density at radius 3 is 1.72 bits per heavy atom. The molecule has 7 rings (SSSR count). The normalized spacial score (nSPS) is 15.0. The largest absolute Gasteiger partial charge is 0.510 e. The van der Waals surface area contributed by atoms with Crippen LogP contribution in [-0.2, 0) is 25.5 Å². The maximum atomic E-state index is 9.20. The first-order valence-electron chi connectivity index (χ1n) is 14.8. The number of benzene rings is 4. The third-order valence-corrected chi connectivity index (χ3v) is 7.56. The second kappa shape index (κ2) is 13.7. The van der Waals surface area contributed by atoms with Gasteiger partial charge in [0.1, 0.15) is 0 Å². The van der Waals surface area contributed by atoms with Gasteiger partial charge < -0.3 is 29.4 Å². The van der Waals surface area contributed by atoms with Crippen molar-refractivity contribution in [2.24, 2.45) is 0 Å². The summed E-state index contributed by atoms with van der Waals surface area (Å²) in [6.45, 7) is 12.7. The Morgan fingerprint density at radius 2 is 1.22 bits per heavy atom. The van der Waals surface area contributed by atoms with Crippen molar-refractivity contribution in [1.82, 2.24) is 9.80 Å². The van der Waals surface area contributed by atoms with E-state index in [2.05, 4.69) is 104 Å². The Morgan fingerprint density at radius 1 is 0.652 bits per heavy atom. The zero-order valence-electron chi connectivity index (χ0n) is 26.5. The predicted octanol–water partition coefficient (Wildman–Crippen LogP) is 8.03. The number of hydrogen-bond donors (Lipinski definition) is 0. The fourth-order valence-corrected chi connectivity index (χ4v) is 5.16. The number of rotatable bonds is 4. The average molecular weight is 782 g/mol. The van der Waals surface area contributed by atoms with Crippen LogP contribution in [0.5, 0.6) is 0 Å². The summed E-state index contributed by atoms with van der Waals surface area (Å²) in [7, 11) is 3.91. The van der Waals surface area contributed by atoms with Gasteiger partial charge in [-0.2, -0.15) is 72.7 Å². The molecule has 4 aromatic rings. The summed E-state index contributed by atoms with van der Waals surface area (Å²) in [5, 5.41) is 9.20. The first-order chi connectivity index (χ1) is 21.7. The fourth-order valence-electron chi connectivity index (χ4n) is 5.16. The third-order valence-electron chi connectivity index (χ3n) is 7.56. The van der Waals surface area contributed by atoms with Crippen LogP contribution >= 0.6 is 0 Å². The summed E-state index contributed by atoms with van der Waals surface area (Å²) >= 11 is 0. The molecule has 7 nitrogen and oxygen atoms in total. The van der Waals surface area contributed by atoms with E-state index >= 15 is 0 Å². The Labute approximate surface area is 287 Å². The molecule has 0 N–H and O–H groups in total. The molecule has 3 aliphatic rings. The molecule has 3 heterocycles. The second-order valence-electron chi connectivity index (χ2n) is 12.0. The molecule has 0 unspecified atom stereocenters. The summed E-state index contributed by atoms with van der Waals surface area (Å²) in [6, 6.07) is 38.8. The number of nitriles is 1. The van der Waals surface area contributed by atoms with Crippen LogP contribution in [0.3, 0.4) is 0 Å². The van der Waals surface area contributed by atoms with E-state index < -0.39 is 0 Å². The van der Waals surface area contributed by atoms with Crippen LogP contribution in [0.1, 0.15) is 31.9 Å². The topological polar surface area (TPSA) is 43.2 Å². The molecule has 0 aromatic heterocycles. The van der Waals surface area contributed by atoms with Crippen LogP contribution in [0.25, 0.3) is 0 Å². The number of hydrogen-bond acceptors (Lipinski definition) is 7. The van der Waals surface area contributed by atoms with Crippen molar-refractivity contribution < 1.29 is 20.1 Å². The van der Waals surface area contributed by atoms with Crippen molar-refractivity contribution in [1.29, 1.82) is 5.26 Å². The van der Waals surface area contributed by atoms with Crippen LogP contribution < -0.4 is 19.6 Å². The predicted molar refractivity (Wildman–Crippen MR) is 182 cm³/mol. The van der Waals surface area contributed by atoms with E-state index in [9.17, 15) is 5.26 Å². The number of para-hydroxylation sites is 3. The molecule has 1 radical (unpaired) electrons. The standard InChI is InChI=1S/C23H21N2.C15H14N5.Ir/c1-23(2,3)18-10-9-13-20(16-18)25-17-24(19-11-5-4-6-12-19)21-14-7-8-15-22(21)25;1-17-3-5-19(11-17)14-7-13(10-16)8-15(9-14)20-6-4-18(2)12-20;/h4-11,14-17H,1-3H3;3-8,11-12H,1-2H3;/q2*-3;. The molecule has 0 bridgehead atoms. The van der Waals surface area contributed by atoms with Gasteiger partial charge in [-0.05, 0) is 56.4 Å². The van der Waals surface area contributed by atoms with Crippen molar-refractivity contribution in [3.05, 3.63) is 153 Å². The van der Waals surface area contributed by atoms with Gasteiger partial charge in [0.25, 0.3) is 0 Å². The molecule has 0 fully saturated rings. The fraction of sp³-hybridized carbons (Fsp3) is 0.158. The molecule has 4 aromatic carbocycles. The van der Waals surface area contributed by atoms with E-state index in [0.29, 0.717) is 5.56 Å². The van der Waals surface area contributed by atoms with Crippen molar-refractivity contribution in [3.8, 4) is 6.07 Å². The van der Waals surface area contributed by atoms with Crippen LogP contribution in [0.4, 0.5) is 34.1 Å². The summed E-state index contributed by atoms with van der Waals surface area (Å²) in [5.41, 5.74) is 8.10. The first kappa shape index (κ1) is 32.7. The molecule has 0 saturated heterocycles. The van der Waals surface area contributed by atoms with Gasteiger partial charge in [-0.25, -0.2) is 0 Å². The Balaban J connectivity index is 0.000000182. The van der Waals surface area contributed by atoms with Gasteiger partial charge >= 0.3 is 0 Å². The van der Waals surface area contributed by atoms with Gasteiger partial charge in [0.05, 0.1) is 6.07 Å². The third kappa shape index (κ3) is 7.07. The van der Waals surface area contributed by atoms with Gasteiger partial charge in [0.15, 0.2) is 0 Å². The van der Waals surface area contributed by atoms with Crippen LogP contribution in [0.2, 0.25) is 0 Å². The summed E-state index contributed by atoms with van der Waals surface area (Å²) in [5.74, 6) is 0. The monoisotopic (exact) mass is 782 g/mol. The summed E-state index contributed by atoms with van der Waals surface area (Å²) in [4.78, 5) is 12.1. The van der Waals surface area contributed by atoms with Gasteiger partial charge in [-0.15, -0.1) is 53.7 Å². The van der Waals surface area contributed by atoms with Gasteiger partial charge in [-0.1, -0.05) is 38.5 Å². The quantitative estimate of drug-likeness (QED) is 0.195. The minimum Gasteiger partial charge on any atom is -0.510 e. The molecule has 3 aliphatic heterocycles. The molecule has 0 amide bonds. The van der Waals surface area contributed by atoms with Crippen LogP contribution in [0.15, 0.2) is 104 Å². The molecule has 0 aliphatic carbocycles. The zero-order chi connectivity index (χ0) is 31.6. The Bertz CT molecular complexity index is 1710. The minimum atomic E-state index is 0. The van der Waals surface area contributed by atoms with E-state index in [1.54, 1.807) is 0 Å². The second-order valence-corrected chi connectivity index (χ2v) is 12.0. The van der Waals surface area contributed by atoms with Gasteiger partial charge in [0, 0.05) is 31.5 Å². The zero-order valence-corrected chi connectivity index (χ0v) is 28.9. The van der Waals surface area contributed by atoms with Crippen LogP contribution in [0, 0.1) is 49.5 Å². The molecular formula is C38H35IrN7-6. The number of fused-ring (bicyclic) bond motifs is 1.